The van der Waals surface area contributed by atoms with Crippen molar-refractivity contribution in [3.63, 3.8) is 0 Å². The van der Waals surface area contributed by atoms with Crippen LogP contribution in [0.15, 0.2) is 0 Å². The van der Waals surface area contributed by atoms with Crippen LogP contribution in [0.4, 0.5) is 9.18 Å². The molecule has 0 aromatic rings. The zero-order valence-electron chi connectivity index (χ0n) is 10.4. The molecule has 2 atom stereocenters. The van der Waals surface area contributed by atoms with Gasteiger partial charge in [0.25, 0.3) is 0 Å². The Labute approximate surface area is 96.1 Å². The summed E-state index contributed by atoms with van der Waals surface area (Å²) in [6.45, 7) is 6.54. The molecule has 0 aliphatic carbocycles. The molecule has 1 aliphatic heterocycles. The number of alkyl halides is 1. The highest BCUT2D eigenvalue weighted by Crippen LogP contribution is 2.16. The molecule has 16 heavy (non-hydrogen) atoms. The van der Waals surface area contributed by atoms with E-state index in [1.807, 2.05) is 0 Å². The van der Waals surface area contributed by atoms with Crippen molar-refractivity contribution in [1.82, 2.24) is 10.2 Å². The number of carbonyl (C=O) groups is 1. The Morgan fingerprint density at radius 3 is 2.62 bits per heavy atom. The Kier molecular flexibility index (Phi) is 4.13. The third-order valence-corrected chi connectivity index (χ3v) is 2.55. The molecule has 1 aliphatic rings. The number of ether oxygens (including phenoxy) is 1. The lowest BCUT2D eigenvalue weighted by molar-refractivity contribution is 0.00973. The predicted molar refractivity (Wildman–Crippen MR) is 60.2 cm³/mol. The maximum atomic E-state index is 13.6. The first-order chi connectivity index (χ1) is 7.31. The van der Waals surface area contributed by atoms with E-state index in [-0.39, 0.29) is 0 Å². The molecule has 0 spiro atoms. The maximum Gasteiger partial charge on any atom is 0.410 e. The van der Waals surface area contributed by atoms with E-state index in [1.165, 1.54) is 4.90 Å². The first-order valence-corrected chi connectivity index (χ1v) is 5.62. The molecule has 94 valence electrons. The van der Waals surface area contributed by atoms with Gasteiger partial charge in [-0.3, -0.25) is 0 Å². The zero-order chi connectivity index (χ0) is 12.3. The highest BCUT2D eigenvalue weighted by Gasteiger charge is 2.32. The Morgan fingerprint density at radius 2 is 2.12 bits per heavy atom. The Bertz CT molecular complexity index is 253. The summed E-state index contributed by atoms with van der Waals surface area (Å²) in [4.78, 5) is 13.1. The van der Waals surface area contributed by atoms with Crippen molar-refractivity contribution in [3.05, 3.63) is 0 Å². The van der Waals surface area contributed by atoms with Gasteiger partial charge in [0, 0.05) is 13.6 Å². The van der Waals surface area contributed by atoms with Crippen molar-refractivity contribution in [2.24, 2.45) is 0 Å². The Balaban J connectivity index is 2.55. The Hall–Kier alpha value is -0.840. The molecule has 5 heteroatoms. The minimum atomic E-state index is -0.973. The predicted octanol–water partition coefficient (Wildman–Crippen LogP) is 1.55. The zero-order valence-corrected chi connectivity index (χ0v) is 10.4. The van der Waals surface area contributed by atoms with Crippen LogP contribution in [0, 0.1) is 0 Å². The lowest BCUT2D eigenvalue weighted by Gasteiger charge is -2.35. The molecule has 1 saturated heterocycles. The minimum absolute atomic E-state index is 0.427. The van der Waals surface area contributed by atoms with Crippen LogP contribution < -0.4 is 5.32 Å². The number of rotatable bonds is 1. The molecular formula is C11H21FN2O2. The van der Waals surface area contributed by atoms with Gasteiger partial charge < -0.3 is 15.0 Å². The second kappa shape index (κ2) is 4.99. The summed E-state index contributed by atoms with van der Waals surface area (Å²) in [6.07, 6.45) is -1.000. The molecule has 1 N–H and O–H groups in total. The van der Waals surface area contributed by atoms with Crippen LogP contribution in [-0.4, -0.2) is 48.9 Å². The van der Waals surface area contributed by atoms with Crippen LogP contribution in [0.3, 0.4) is 0 Å². The van der Waals surface area contributed by atoms with Gasteiger partial charge in [0.05, 0.1) is 6.04 Å². The summed E-state index contributed by atoms with van der Waals surface area (Å²) < 4.78 is 18.8. The van der Waals surface area contributed by atoms with Gasteiger partial charge in [0.2, 0.25) is 0 Å². The largest absolute Gasteiger partial charge is 0.444 e. The lowest BCUT2D eigenvalue weighted by atomic mass is 10.0. The van der Waals surface area contributed by atoms with E-state index in [0.29, 0.717) is 19.5 Å². The van der Waals surface area contributed by atoms with E-state index in [4.69, 9.17) is 4.74 Å². The van der Waals surface area contributed by atoms with E-state index in [2.05, 4.69) is 5.32 Å². The fourth-order valence-electron chi connectivity index (χ4n) is 1.66. The van der Waals surface area contributed by atoms with Gasteiger partial charge in [-0.05, 0) is 33.7 Å². The summed E-state index contributed by atoms with van der Waals surface area (Å²) in [5.74, 6) is 0. The average Bonchev–Trinajstić information content (AvgIpc) is 2.15. The van der Waals surface area contributed by atoms with E-state index in [9.17, 15) is 9.18 Å². The first kappa shape index (κ1) is 13.2. The van der Waals surface area contributed by atoms with Gasteiger partial charge in [-0.2, -0.15) is 0 Å². The smallest absolute Gasteiger partial charge is 0.410 e. The fraction of sp³-hybridized carbons (Fsp3) is 0.909. The topological polar surface area (TPSA) is 41.6 Å². The van der Waals surface area contributed by atoms with Gasteiger partial charge in [0.1, 0.15) is 11.8 Å². The summed E-state index contributed by atoms with van der Waals surface area (Å²) in [7, 11) is 1.58. The van der Waals surface area contributed by atoms with Crippen molar-refractivity contribution >= 4 is 6.09 Å². The molecule has 0 bridgehead atoms. The van der Waals surface area contributed by atoms with Gasteiger partial charge in [-0.15, -0.1) is 0 Å². The molecule has 1 fully saturated rings. The van der Waals surface area contributed by atoms with Crippen LogP contribution in [0.25, 0.3) is 0 Å². The van der Waals surface area contributed by atoms with Gasteiger partial charge in [0.15, 0.2) is 0 Å². The molecular weight excluding hydrogens is 211 g/mol. The molecule has 1 heterocycles. The SMILES string of the molecule is CN(C(=O)OC(C)(C)C)[C@H]1CNCC[C@H]1F. The molecule has 0 aromatic carbocycles. The fourth-order valence-corrected chi connectivity index (χ4v) is 1.66. The molecule has 0 radical (unpaired) electrons. The standard InChI is InChI=1S/C11H21FN2O2/c1-11(2,3)16-10(15)14(4)9-7-13-6-5-8(9)12/h8-9,13H,5-7H2,1-4H3/t8-,9+/m1/s1. The number of piperidine rings is 1. The number of likely N-dealkylation sites (N-methyl/N-ethyl adjacent to an activating group) is 1. The summed E-state index contributed by atoms with van der Waals surface area (Å²) >= 11 is 0. The molecule has 0 saturated carbocycles. The highest BCUT2D eigenvalue weighted by molar-refractivity contribution is 5.68. The highest BCUT2D eigenvalue weighted by atomic mass is 19.1. The quantitative estimate of drug-likeness (QED) is 0.746. The van der Waals surface area contributed by atoms with Gasteiger partial charge in [-0.25, -0.2) is 9.18 Å². The van der Waals surface area contributed by atoms with Crippen LogP contribution in [0.5, 0.6) is 0 Å². The first-order valence-electron chi connectivity index (χ1n) is 5.62. The number of nitrogens with zero attached hydrogens (tertiary/aromatic N) is 1. The normalized spacial score (nSPS) is 26.3. The van der Waals surface area contributed by atoms with Crippen LogP contribution in [0.2, 0.25) is 0 Å². The molecule has 4 nitrogen and oxygen atoms in total. The van der Waals surface area contributed by atoms with Crippen molar-refractivity contribution in [2.75, 3.05) is 20.1 Å². The Morgan fingerprint density at radius 1 is 1.50 bits per heavy atom. The lowest BCUT2D eigenvalue weighted by Crippen LogP contribution is -2.53. The third kappa shape index (κ3) is 3.63. The van der Waals surface area contributed by atoms with Crippen molar-refractivity contribution in [2.45, 2.75) is 45.0 Å². The summed E-state index contributed by atoms with van der Waals surface area (Å²) in [5.41, 5.74) is -0.542. The number of hydrogen-bond donors (Lipinski definition) is 1. The summed E-state index contributed by atoms with van der Waals surface area (Å²) in [6, 6.07) is -0.427. The number of amides is 1. The summed E-state index contributed by atoms with van der Waals surface area (Å²) in [5, 5.41) is 3.07. The third-order valence-electron chi connectivity index (χ3n) is 2.55. The number of carbonyl (C=O) groups excluding carboxylic acids is 1. The van der Waals surface area contributed by atoms with Crippen LogP contribution in [0.1, 0.15) is 27.2 Å². The van der Waals surface area contributed by atoms with Gasteiger partial charge in [-0.1, -0.05) is 0 Å². The molecule has 1 rings (SSSR count). The molecule has 1 amide bonds. The van der Waals surface area contributed by atoms with Crippen molar-refractivity contribution < 1.29 is 13.9 Å². The number of halogens is 1. The van der Waals surface area contributed by atoms with Crippen molar-refractivity contribution in [1.29, 1.82) is 0 Å². The number of hydrogen-bond acceptors (Lipinski definition) is 3. The second-order valence-corrected chi connectivity index (χ2v) is 5.17. The van der Waals surface area contributed by atoms with Crippen LogP contribution >= 0.6 is 0 Å². The van der Waals surface area contributed by atoms with Crippen LogP contribution in [-0.2, 0) is 4.74 Å². The van der Waals surface area contributed by atoms with E-state index < -0.39 is 23.9 Å². The maximum absolute atomic E-state index is 13.6. The molecule has 0 unspecified atom stereocenters. The van der Waals surface area contributed by atoms with Gasteiger partial charge >= 0.3 is 6.09 Å². The second-order valence-electron chi connectivity index (χ2n) is 5.17. The molecule has 0 aromatic heterocycles. The number of nitrogens with one attached hydrogen (secondary N) is 1. The van der Waals surface area contributed by atoms with E-state index >= 15 is 0 Å². The van der Waals surface area contributed by atoms with E-state index in [1.54, 1.807) is 27.8 Å². The van der Waals surface area contributed by atoms with Crippen molar-refractivity contribution in [3.8, 4) is 0 Å². The monoisotopic (exact) mass is 232 g/mol. The minimum Gasteiger partial charge on any atom is -0.444 e. The average molecular weight is 232 g/mol. The van der Waals surface area contributed by atoms with E-state index in [0.717, 1.165) is 0 Å².